The van der Waals surface area contributed by atoms with Crippen LogP contribution in [0, 0.1) is 5.92 Å². The van der Waals surface area contributed by atoms with Gasteiger partial charge >= 0.3 is 5.97 Å². The first-order valence-corrected chi connectivity index (χ1v) is 7.71. The van der Waals surface area contributed by atoms with Gasteiger partial charge in [-0.25, -0.2) is 12.7 Å². The summed E-state index contributed by atoms with van der Waals surface area (Å²) < 4.78 is 31.4. The second-order valence-electron chi connectivity index (χ2n) is 4.97. The number of carboxylic acid groups (broad SMARTS) is 1. The highest BCUT2D eigenvalue weighted by atomic mass is 32.2. The van der Waals surface area contributed by atoms with Gasteiger partial charge in [0.2, 0.25) is 10.0 Å². The lowest BCUT2D eigenvalue weighted by Crippen LogP contribution is -2.41. The smallest absolute Gasteiger partial charge is 0.307 e. The zero-order valence-electron chi connectivity index (χ0n) is 10.4. The van der Waals surface area contributed by atoms with Gasteiger partial charge in [0.05, 0.1) is 12.0 Å². The van der Waals surface area contributed by atoms with E-state index in [9.17, 15) is 13.2 Å². The quantitative estimate of drug-likeness (QED) is 0.798. The van der Waals surface area contributed by atoms with E-state index in [0.717, 1.165) is 12.8 Å². The number of rotatable bonds is 4. The number of hydrogen-bond acceptors (Lipinski definition) is 4. The predicted octanol–water partition coefficient (Wildman–Crippen LogP) is 0.290. The molecule has 1 saturated heterocycles. The Bertz CT molecular complexity index is 421. The Morgan fingerprint density at radius 3 is 2.61 bits per heavy atom. The number of aliphatic carboxylic acids is 1. The Hall–Kier alpha value is -0.660. The van der Waals surface area contributed by atoms with Crippen molar-refractivity contribution in [3.8, 4) is 0 Å². The van der Waals surface area contributed by atoms with Crippen LogP contribution in [0.2, 0.25) is 0 Å². The van der Waals surface area contributed by atoms with Gasteiger partial charge in [-0.05, 0) is 25.7 Å². The third-order valence-corrected chi connectivity index (χ3v) is 6.29. The summed E-state index contributed by atoms with van der Waals surface area (Å²) in [5, 5.41) is 8.41. The average Bonchev–Trinajstić information content (AvgIpc) is 2.98. The van der Waals surface area contributed by atoms with Gasteiger partial charge in [0.1, 0.15) is 5.25 Å². The number of ether oxygens (including phenoxy) is 1. The molecule has 1 saturated carbocycles. The lowest BCUT2D eigenvalue weighted by atomic mass is 10.1. The fourth-order valence-corrected chi connectivity index (χ4v) is 5.08. The Morgan fingerprint density at radius 1 is 1.33 bits per heavy atom. The third kappa shape index (κ3) is 2.39. The monoisotopic (exact) mass is 277 g/mol. The molecule has 0 radical (unpaired) electrons. The van der Waals surface area contributed by atoms with Gasteiger partial charge in [-0.1, -0.05) is 0 Å². The minimum atomic E-state index is -3.42. The van der Waals surface area contributed by atoms with Crippen LogP contribution in [-0.2, 0) is 19.6 Å². The summed E-state index contributed by atoms with van der Waals surface area (Å²) in [5.41, 5.74) is 0. The van der Waals surface area contributed by atoms with Crippen molar-refractivity contribution in [2.24, 2.45) is 5.92 Å². The van der Waals surface area contributed by atoms with E-state index in [1.54, 1.807) is 0 Å². The Kier molecular flexibility index (Phi) is 3.93. The van der Waals surface area contributed by atoms with Crippen LogP contribution in [0.1, 0.15) is 25.7 Å². The van der Waals surface area contributed by atoms with Crippen molar-refractivity contribution in [3.63, 3.8) is 0 Å². The van der Waals surface area contributed by atoms with Crippen molar-refractivity contribution in [2.45, 2.75) is 37.0 Å². The molecule has 0 spiro atoms. The summed E-state index contributed by atoms with van der Waals surface area (Å²) in [6.07, 6.45) is 2.36. The van der Waals surface area contributed by atoms with Crippen LogP contribution in [0.25, 0.3) is 0 Å². The molecular weight excluding hydrogens is 258 g/mol. The predicted molar refractivity (Wildman–Crippen MR) is 64.7 cm³/mol. The Labute approximate surface area is 107 Å². The van der Waals surface area contributed by atoms with E-state index < -0.39 is 27.2 Å². The minimum Gasteiger partial charge on any atom is -0.481 e. The molecule has 2 rings (SSSR count). The Morgan fingerprint density at radius 2 is 2.06 bits per heavy atom. The molecule has 0 aromatic rings. The van der Waals surface area contributed by atoms with Crippen LogP contribution in [-0.4, -0.2) is 55.4 Å². The van der Waals surface area contributed by atoms with Crippen molar-refractivity contribution in [1.29, 1.82) is 0 Å². The fourth-order valence-electron chi connectivity index (χ4n) is 2.85. The highest BCUT2D eigenvalue weighted by Crippen LogP contribution is 2.32. The number of carbonyl (C=O) groups is 1. The van der Waals surface area contributed by atoms with Crippen LogP contribution < -0.4 is 0 Å². The molecule has 2 aliphatic rings. The van der Waals surface area contributed by atoms with Crippen molar-refractivity contribution < 1.29 is 23.1 Å². The molecule has 0 amide bonds. The SMILES string of the molecule is CO[C@@H]1CCC[C@H]1S(=O)(=O)N1CCC(C(=O)O)C1. The summed E-state index contributed by atoms with van der Waals surface area (Å²) in [6, 6.07) is 0. The van der Waals surface area contributed by atoms with Crippen molar-refractivity contribution >= 4 is 16.0 Å². The van der Waals surface area contributed by atoms with Crippen molar-refractivity contribution in [1.82, 2.24) is 4.31 Å². The topological polar surface area (TPSA) is 83.9 Å². The molecule has 0 bridgehead atoms. The van der Waals surface area contributed by atoms with E-state index in [-0.39, 0.29) is 12.6 Å². The van der Waals surface area contributed by atoms with E-state index in [1.165, 1.54) is 11.4 Å². The molecule has 1 aliphatic carbocycles. The van der Waals surface area contributed by atoms with E-state index in [1.807, 2.05) is 0 Å². The number of sulfonamides is 1. The van der Waals surface area contributed by atoms with Gasteiger partial charge in [-0.2, -0.15) is 0 Å². The molecule has 1 heterocycles. The molecule has 1 aliphatic heterocycles. The average molecular weight is 277 g/mol. The summed E-state index contributed by atoms with van der Waals surface area (Å²) >= 11 is 0. The number of carboxylic acids is 1. The van der Waals surface area contributed by atoms with Crippen LogP contribution in [0.5, 0.6) is 0 Å². The van der Waals surface area contributed by atoms with Crippen LogP contribution in [0.3, 0.4) is 0 Å². The van der Waals surface area contributed by atoms with E-state index in [0.29, 0.717) is 19.4 Å². The van der Waals surface area contributed by atoms with Gasteiger partial charge < -0.3 is 9.84 Å². The molecule has 0 aromatic carbocycles. The Balaban J connectivity index is 2.10. The van der Waals surface area contributed by atoms with Crippen LogP contribution in [0.15, 0.2) is 0 Å². The molecule has 1 unspecified atom stereocenters. The summed E-state index contributed by atoms with van der Waals surface area (Å²) in [6.45, 7) is 0.414. The molecule has 104 valence electrons. The largest absolute Gasteiger partial charge is 0.481 e. The molecular formula is C11H19NO5S. The summed E-state index contributed by atoms with van der Waals surface area (Å²) in [7, 11) is -1.89. The van der Waals surface area contributed by atoms with Crippen LogP contribution in [0.4, 0.5) is 0 Å². The summed E-state index contributed by atoms with van der Waals surface area (Å²) in [5.74, 6) is -1.48. The zero-order valence-corrected chi connectivity index (χ0v) is 11.2. The molecule has 6 nitrogen and oxygen atoms in total. The second-order valence-corrected chi connectivity index (χ2v) is 7.12. The van der Waals surface area contributed by atoms with Gasteiger partial charge in [0.15, 0.2) is 0 Å². The van der Waals surface area contributed by atoms with Crippen molar-refractivity contribution in [2.75, 3.05) is 20.2 Å². The highest BCUT2D eigenvalue weighted by Gasteiger charge is 2.44. The first-order valence-electron chi connectivity index (χ1n) is 6.21. The van der Waals surface area contributed by atoms with Crippen LogP contribution >= 0.6 is 0 Å². The first kappa shape index (κ1) is 13.8. The molecule has 18 heavy (non-hydrogen) atoms. The highest BCUT2D eigenvalue weighted by molar-refractivity contribution is 7.89. The maximum Gasteiger partial charge on any atom is 0.307 e. The van der Waals surface area contributed by atoms with Gasteiger partial charge in [-0.15, -0.1) is 0 Å². The third-order valence-electron chi connectivity index (χ3n) is 3.94. The van der Waals surface area contributed by atoms with Gasteiger partial charge in [-0.3, -0.25) is 4.79 Å². The molecule has 2 fully saturated rings. The maximum atomic E-state index is 12.4. The summed E-state index contributed by atoms with van der Waals surface area (Å²) in [4.78, 5) is 10.9. The zero-order chi connectivity index (χ0) is 13.3. The minimum absolute atomic E-state index is 0.102. The molecule has 3 atom stereocenters. The van der Waals surface area contributed by atoms with E-state index in [4.69, 9.17) is 9.84 Å². The number of nitrogens with zero attached hydrogens (tertiary/aromatic N) is 1. The normalized spacial score (nSPS) is 33.9. The lowest BCUT2D eigenvalue weighted by Gasteiger charge is -2.24. The molecule has 0 aromatic heterocycles. The van der Waals surface area contributed by atoms with E-state index >= 15 is 0 Å². The molecule has 1 N–H and O–H groups in total. The standard InChI is InChI=1S/C11H19NO5S/c1-17-9-3-2-4-10(9)18(15,16)12-6-5-8(7-12)11(13)14/h8-10H,2-7H2,1H3,(H,13,14)/t8?,9-,10-/m1/s1. The van der Waals surface area contributed by atoms with Gasteiger partial charge in [0, 0.05) is 20.2 Å². The first-order chi connectivity index (χ1) is 8.46. The maximum absolute atomic E-state index is 12.4. The second kappa shape index (κ2) is 5.14. The number of hydrogen-bond donors (Lipinski definition) is 1. The van der Waals surface area contributed by atoms with Crippen molar-refractivity contribution in [3.05, 3.63) is 0 Å². The van der Waals surface area contributed by atoms with E-state index in [2.05, 4.69) is 0 Å². The molecule has 7 heteroatoms. The lowest BCUT2D eigenvalue weighted by molar-refractivity contribution is -0.141. The number of methoxy groups -OCH3 is 1. The fraction of sp³-hybridized carbons (Fsp3) is 0.909. The van der Waals surface area contributed by atoms with Gasteiger partial charge in [0.25, 0.3) is 0 Å².